The molecule has 2 aliphatic heterocycles. The summed E-state index contributed by atoms with van der Waals surface area (Å²) in [5, 5.41) is 6.23. The third-order valence-corrected chi connectivity index (χ3v) is 4.02. The van der Waals surface area contributed by atoms with Gasteiger partial charge in [-0.1, -0.05) is 6.92 Å². The van der Waals surface area contributed by atoms with Gasteiger partial charge in [0.05, 0.1) is 0 Å². The summed E-state index contributed by atoms with van der Waals surface area (Å²) in [4.78, 5) is 0. The Bertz CT molecular complexity index is 189. The van der Waals surface area contributed by atoms with Crippen molar-refractivity contribution in [3.8, 4) is 0 Å². The lowest BCUT2D eigenvalue weighted by atomic mass is 9.98. The van der Waals surface area contributed by atoms with Crippen molar-refractivity contribution in [2.24, 2.45) is 11.7 Å². The minimum Gasteiger partial charge on any atom is -0.307 e. The van der Waals surface area contributed by atoms with Gasteiger partial charge >= 0.3 is 0 Å². The van der Waals surface area contributed by atoms with E-state index in [1.165, 1.54) is 0 Å². The van der Waals surface area contributed by atoms with Gasteiger partial charge in [-0.15, -0.1) is 11.8 Å². The number of hydrazine groups is 1. The Morgan fingerprint density at radius 3 is 2.77 bits per heavy atom. The lowest BCUT2D eigenvalue weighted by molar-refractivity contribution is 0.298. The third-order valence-electron chi connectivity index (χ3n) is 2.86. The van der Waals surface area contributed by atoms with Gasteiger partial charge in [-0.2, -0.15) is 0 Å². The molecule has 0 aromatic carbocycles. The van der Waals surface area contributed by atoms with E-state index in [0.717, 1.165) is 13.1 Å². The first-order valence-electron chi connectivity index (χ1n) is 4.78. The van der Waals surface area contributed by atoms with E-state index in [2.05, 4.69) is 29.7 Å². The molecular weight excluding hydrogens is 184 g/mol. The van der Waals surface area contributed by atoms with E-state index in [0.29, 0.717) is 17.2 Å². The fourth-order valence-corrected chi connectivity index (χ4v) is 3.36. The van der Waals surface area contributed by atoms with Crippen molar-refractivity contribution >= 4 is 11.8 Å². The van der Waals surface area contributed by atoms with E-state index in [1.807, 2.05) is 11.8 Å². The van der Waals surface area contributed by atoms with Gasteiger partial charge in [0.25, 0.3) is 0 Å². The van der Waals surface area contributed by atoms with Crippen LogP contribution in [0.25, 0.3) is 0 Å². The SMILES string of the molecule is CC1SC(N)NC1C1CNN(C)C1. The Morgan fingerprint density at radius 2 is 2.31 bits per heavy atom. The molecule has 0 aromatic rings. The first-order valence-corrected chi connectivity index (χ1v) is 5.73. The number of nitrogens with zero attached hydrogens (tertiary/aromatic N) is 1. The smallest absolute Gasteiger partial charge is 0.103 e. The lowest BCUT2D eigenvalue weighted by Gasteiger charge is -2.21. The highest BCUT2D eigenvalue weighted by atomic mass is 32.2. The van der Waals surface area contributed by atoms with Crippen molar-refractivity contribution in [1.82, 2.24) is 15.8 Å². The zero-order valence-electron chi connectivity index (χ0n) is 8.16. The Kier molecular flexibility index (Phi) is 2.80. The molecule has 4 unspecified atom stereocenters. The van der Waals surface area contributed by atoms with Crippen LogP contribution in [0.2, 0.25) is 0 Å². The molecule has 76 valence electrons. The molecule has 2 saturated heterocycles. The average Bonchev–Trinajstić information content (AvgIpc) is 2.58. The number of nitrogens with two attached hydrogens (primary N) is 1. The molecule has 4 N–H and O–H groups in total. The molecule has 0 spiro atoms. The van der Waals surface area contributed by atoms with Crippen molar-refractivity contribution in [3.05, 3.63) is 0 Å². The van der Waals surface area contributed by atoms with E-state index < -0.39 is 0 Å². The van der Waals surface area contributed by atoms with Crippen molar-refractivity contribution in [3.63, 3.8) is 0 Å². The highest BCUT2D eigenvalue weighted by Gasteiger charge is 2.37. The number of hydrogen-bond acceptors (Lipinski definition) is 5. The van der Waals surface area contributed by atoms with Crippen LogP contribution in [0, 0.1) is 5.92 Å². The van der Waals surface area contributed by atoms with E-state index in [4.69, 9.17) is 5.73 Å². The second-order valence-corrected chi connectivity index (χ2v) is 5.48. The van der Waals surface area contributed by atoms with Crippen LogP contribution in [0.3, 0.4) is 0 Å². The molecule has 0 aromatic heterocycles. The first-order chi connectivity index (χ1) is 6.16. The molecular formula is C8H18N4S. The van der Waals surface area contributed by atoms with Gasteiger partial charge < -0.3 is 5.73 Å². The summed E-state index contributed by atoms with van der Waals surface area (Å²) in [5.74, 6) is 0.695. The topological polar surface area (TPSA) is 53.3 Å². The molecule has 5 heteroatoms. The molecule has 0 bridgehead atoms. The van der Waals surface area contributed by atoms with E-state index in [1.54, 1.807) is 0 Å². The molecule has 0 amide bonds. The first kappa shape index (κ1) is 9.73. The number of hydrogen-bond donors (Lipinski definition) is 3. The van der Waals surface area contributed by atoms with Gasteiger partial charge in [0.15, 0.2) is 0 Å². The van der Waals surface area contributed by atoms with E-state index >= 15 is 0 Å². The highest BCUT2D eigenvalue weighted by Crippen LogP contribution is 2.29. The van der Waals surface area contributed by atoms with Crippen molar-refractivity contribution in [2.45, 2.75) is 23.7 Å². The molecule has 2 heterocycles. The molecule has 0 saturated carbocycles. The van der Waals surface area contributed by atoms with E-state index in [-0.39, 0.29) is 5.50 Å². The molecule has 0 aliphatic carbocycles. The number of rotatable bonds is 1. The maximum atomic E-state index is 5.84. The predicted octanol–water partition coefficient (Wildman–Crippen LogP) is -0.612. The molecule has 4 nitrogen and oxygen atoms in total. The largest absolute Gasteiger partial charge is 0.307 e. The molecule has 2 aliphatic rings. The Labute approximate surface area is 83.6 Å². The van der Waals surface area contributed by atoms with E-state index in [9.17, 15) is 0 Å². The summed E-state index contributed by atoms with van der Waals surface area (Å²) in [6.07, 6.45) is 0. The second-order valence-electron chi connectivity index (χ2n) is 3.96. The molecule has 4 atom stereocenters. The fraction of sp³-hybridized carbons (Fsp3) is 1.00. The van der Waals surface area contributed by atoms with Crippen LogP contribution in [-0.2, 0) is 0 Å². The second kappa shape index (κ2) is 3.74. The summed E-state index contributed by atoms with van der Waals surface area (Å²) >= 11 is 1.84. The van der Waals surface area contributed by atoms with Gasteiger partial charge in [-0.05, 0) is 0 Å². The Morgan fingerprint density at radius 1 is 1.54 bits per heavy atom. The zero-order chi connectivity index (χ0) is 9.42. The van der Waals surface area contributed by atoms with Crippen LogP contribution < -0.4 is 16.5 Å². The molecule has 2 rings (SSSR count). The van der Waals surface area contributed by atoms with Crippen LogP contribution in [0.4, 0.5) is 0 Å². The predicted molar refractivity (Wildman–Crippen MR) is 56.1 cm³/mol. The third kappa shape index (κ3) is 1.99. The summed E-state index contributed by atoms with van der Waals surface area (Å²) in [6.45, 7) is 4.45. The fourth-order valence-electron chi connectivity index (χ4n) is 2.19. The van der Waals surface area contributed by atoms with Crippen LogP contribution in [0.1, 0.15) is 6.92 Å². The standard InChI is InChI=1S/C8H18N4S/c1-5-7(11-8(9)13-5)6-3-10-12(2)4-6/h5-8,10-11H,3-4,9H2,1-2H3. The van der Waals surface area contributed by atoms with Gasteiger partial charge in [0.2, 0.25) is 0 Å². The van der Waals surface area contributed by atoms with Crippen molar-refractivity contribution in [1.29, 1.82) is 0 Å². The quantitative estimate of drug-likeness (QED) is 0.529. The summed E-state index contributed by atoms with van der Waals surface area (Å²) in [7, 11) is 2.09. The molecule has 13 heavy (non-hydrogen) atoms. The summed E-state index contributed by atoms with van der Waals surface area (Å²) in [6, 6.07) is 0.567. The lowest BCUT2D eigenvalue weighted by Crippen LogP contribution is -2.43. The monoisotopic (exact) mass is 202 g/mol. The summed E-state index contributed by atoms with van der Waals surface area (Å²) < 4.78 is 0. The van der Waals surface area contributed by atoms with Crippen LogP contribution in [-0.4, -0.2) is 41.9 Å². The molecule has 0 radical (unpaired) electrons. The zero-order valence-corrected chi connectivity index (χ0v) is 8.97. The average molecular weight is 202 g/mol. The molecule has 2 fully saturated rings. The van der Waals surface area contributed by atoms with Gasteiger partial charge in [-0.25, -0.2) is 5.01 Å². The maximum absolute atomic E-state index is 5.84. The summed E-state index contributed by atoms with van der Waals surface area (Å²) in [5.41, 5.74) is 9.29. The van der Waals surface area contributed by atoms with Crippen LogP contribution in [0.15, 0.2) is 0 Å². The van der Waals surface area contributed by atoms with Crippen molar-refractivity contribution in [2.75, 3.05) is 20.1 Å². The van der Waals surface area contributed by atoms with Gasteiger partial charge in [-0.3, -0.25) is 10.7 Å². The highest BCUT2D eigenvalue weighted by molar-refractivity contribution is 8.00. The Hall–Kier alpha value is 0.190. The number of thioether (sulfide) groups is 1. The van der Waals surface area contributed by atoms with Crippen LogP contribution in [0.5, 0.6) is 0 Å². The van der Waals surface area contributed by atoms with Gasteiger partial charge in [0.1, 0.15) is 5.50 Å². The minimum atomic E-state index is 0.130. The van der Waals surface area contributed by atoms with Gasteiger partial charge in [0, 0.05) is 37.3 Å². The normalized spacial score (nSPS) is 47.3. The minimum absolute atomic E-state index is 0.130. The number of nitrogens with one attached hydrogen (secondary N) is 2. The van der Waals surface area contributed by atoms with Crippen LogP contribution >= 0.6 is 11.8 Å². The Balaban J connectivity index is 1.93. The van der Waals surface area contributed by atoms with Crippen molar-refractivity contribution < 1.29 is 0 Å². The maximum Gasteiger partial charge on any atom is 0.103 e.